The molecular weight excluding hydrogens is 679 g/mol. The lowest BCUT2D eigenvalue weighted by molar-refractivity contribution is -0.137. The molecule has 0 saturated heterocycles. The standard InChI is InChI=1S/C37H41N3O8S2/c41-32(42)12-2-1-3-15-38-49(43,44)31-22-25(50(45,46)47)13-14-26(31)33-29-20-23-8-4-16-39-18-6-10-27(34(23)39)36(29)48-37-28-11-7-19-40-17-5-9-24(35(28)40)21-30(33)37/h13-14,20-22,38H,1-12,15-19H2,(H-,41,42,45,46,47)/p+1. The SMILES string of the molecule is O=C(O)CCCCCNS(=O)(=O)c1cc(S(=O)(=O)O)ccc1C1=c2cc3c4c(c2Oc2c1cc1c5c2CCCN5CCC1)CCC[N+]=4CCC3. The fourth-order valence-electron chi connectivity index (χ4n) is 8.76. The van der Waals surface area contributed by atoms with Gasteiger partial charge in [0, 0.05) is 77.6 Å². The van der Waals surface area contributed by atoms with Crippen LogP contribution in [-0.2, 0) is 50.6 Å². The average Bonchev–Trinajstić information content (AvgIpc) is 3.09. The van der Waals surface area contributed by atoms with Gasteiger partial charge in [0.2, 0.25) is 15.4 Å². The molecule has 0 unspecified atom stereocenters. The minimum atomic E-state index is -4.73. The Morgan fingerprint density at radius 3 is 2.36 bits per heavy atom. The number of sulfonamides is 1. The zero-order valence-electron chi connectivity index (χ0n) is 28.0. The zero-order chi connectivity index (χ0) is 34.8. The zero-order valence-corrected chi connectivity index (χ0v) is 29.6. The number of carbonyl (C=O) groups is 1. The van der Waals surface area contributed by atoms with Gasteiger partial charge in [-0.05, 0) is 81.2 Å². The van der Waals surface area contributed by atoms with Crippen LogP contribution in [0.2, 0.25) is 0 Å². The number of hydrogen-bond acceptors (Lipinski definition) is 7. The highest BCUT2D eigenvalue weighted by Gasteiger charge is 2.37. The summed E-state index contributed by atoms with van der Waals surface area (Å²) in [7, 11) is -9.04. The molecule has 0 spiro atoms. The van der Waals surface area contributed by atoms with E-state index in [-0.39, 0.29) is 17.9 Å². The molecule has 5 aliphatic rings. The number of carboxylic acids is 1. The second-order valence-corrected chi connectivity index (χ2v) is 17.2. The fourth-order valence-corrected chi connectivity index (χ4v) is 10.6. The van der Waals surface area contributed by atoms with E-state index in [4.69, 9.17) is 9.84 Å². The topological polar surface area (TPSA) is 153 Å². The fraction of sp³-hybridized carbons (Fsp3) is 0.459. The number of nitrogens with one attached hydrogen (secondary N) is 1. The van der Waals surface area contributed by atoms with Crippen molar-refractivity contribution in [1.82, 2.24) is 9.30 Å². The molecule has 0 bridgehead atoms. The van der Waals surface area contributed by atoms with Gasteiger partial charge in [0.05, 0.1) is 15.4 Å². The maximum Gasteiger partial charge on any atom is 0.303 e. The molecule has 0 atom stereocenters. The molecule has 5 heterocycles. The van der Waals surface area contributed by atoms with E-state index in [0.29, 0.717) is 30.4 Å². The summed E-state index contributed by atoms with van der Waals surface area (Å²) in [5.41, 5.74) is 7.76. The maximum absolute atomic E-state index is 14.2. The summed E-state index contributed by atoms with van der Waals surface area (Å²) in [5.74, 6) is 0.587. The molecule has 11 nitrogen and oxygen atoms in total. The smallest absolute Gasteiger partial charge is 0.303 e. The summed E-state index contributed by atoms with van der Waals surface area (Å²) in [6, 6.07) is 8.14. The van der Waals surface area contributed by atoms with Gasteiger partial charge in [-0.15, -0.1) is 0 Å². The molecule has 0 radical (unpaired) electrons. The van der Waals surface area contributed by atoms with Crippen LogP contribution in [0.15, 0.2) is 40.1 Å². The predicted molar refractivity (Wildman–Crippen MR) is 188 cm³/mol. The molecule has 50 heavy (non-hydrogen) atoms. The molecule has 0 aromatic heterocycles. The van der Waals surface area contributed by atoms with Crippen molar-refractivity contribution < 1.29 is 36.0 Å². The van der Waals surface area contributed by atoms with Gasteiger partial charge in [0.25, 0.3) is 10.1 Å². The van der Waals surface area contributed by atoms with Crippen molar-refractivity contribution in [1.29, 1.82) is 0 Å². The number of nitrogens with zero attached hydrogens (tertiary/aromatic N) is 2. The second-order valence-electron chi connectivity index (χ2n) is 14.1. The number of aryl methyl sites for hydroxylation is 2. The molecule has 5 aliphatic heterocycles. The molecule has 264 valence electrons. The number of aliphatic carboxylic acids is 1. The minimum Gasteiger partial charge on any atom is -0.481 e. The van der Waals surface area contributed by atoms with Crippen LogP contribution >= 0.6 is 0 Å². The first-order valence-corrected chi connectivity index (χ1v) is 20.7. The highest BCUT2D eigenvalue weighted by molar-refractivity contribution is 7.89. The summed E-state index contributed by atoms with van der Waals surface area (Å²) in [6.45, 7) is 3.99. The molecule has 13 heteroatoms. The number of fused-ring (bicyclic) bond motifs is 4. The normalized spacial score (nSPS) is 17.7. The molecular formula is C37H42N3O8S2+. The quantitative estimate of drug-likeness (QED) is 0.127. The Labute approximate surface area is 292 Å². The van der Waals surface area contributed by atoms with E-state index in [9.17, 15) is 26.2 Å². The largest absolute Gasteiger partial charge is 0.481 e. The number of carboxylic acid groups (broad SMARTS) is 1. The summed E-state index contributed by atoms with van der Waals surface area (Å²) in [5, 5.41) is 11.0. The Balaban J connectivity index is 1.38. The van der Waals surface area contributed by atoms with E-state index >= 15 is 0 Å². The van der Waals surface area contributed by atoms with Crippen molar-refractivity contribution in [2.24, 2.45) is 0 Å². The Morgan fingerprint density at radius 1 is 0.840 bits per heavy atom. The van der Waals surface area contributed by atoms with Crippen molar-refractivity contribution in [2.45, 2.75) is 86.8 Å². The number of ether oxygens (including phenoxy) is 1. The highest BCUT2D eigenvalue weighted by atomic mass is 32.2. The summed E-state index contributed by atoms with van der Waals surface area (Å²) >= 11 is 0. The van der Waals surface area contributed by atoms with Crippen LogP contribution in [0.5, 0.6) is 11.5 Å². The first-order chi connectivity index (χ1) is 24.0. The number of benzene rings is 3. The Kier molecular flexibility index (Phi) is 8.52. The van der Waals surface area contributed by atoms with Crippen LogP contribution in [0.4, 0.5) is 5.69 Å². The van der Waals surface area contributed by atoms with Crippen LogP contribution in [0.3, 0.4) is 0 Å². The van der Waals surface area contributed by atoms with Crippen molar-refractivity contribution >= 4 is 37.4 Å². The number of unbranched alkanes of at least 4 members (excludes halogenated alkanes) is 2. The average molecular weight is 721 g/mol. The number of hydrogen-bond donors (Lipinski definition) is 3. The van der Waals surface area contributed by atoms with E-state index < -0.39 is 31.0 Å². The lowest BCUT2D eigenvalue weighted by Crippen LogP contribution is -2.45. The van der Waals surface area contributed by atoms with Gasteiger partial charge in [-0.25, -0.2) is 17.7 Å². The molecule has 0 fully saturated rings. The van der Waals surface area contributed by atoms with Gasteiger partial charge >= 0.3 is 5.97 Å². The summed E-state index contributed by atoms with van der Waals surface area (Å²) in [4.78, 5) is 12.6. The monoisotopic (exact) mass is 720 g/mol. The molecule has 3 aromatic carbocycles. The maximum atomic E-state index is 14.2. The molecule has 0 aliphatic carbocycles. The van der Waals surface area contributed by atoms with E-state index in [0.717, 1.165) is 117 Å². The first kappa shape index (κ1) is 33.4. The Morgan fingerprint density at radius 2 is 1.58 bits per heavy atom. The van der Waals surface area contributed by atoms with Gasteiger partial charge < -0.3 is 14.7 Å². The summed E-state index contributed by atoms with van der Waals surface area (Å²) < 4.78 is 75.4. The third kappa shape index (κ3) is 5.81. The minimum absolute atomic E-state index is 0.000582. The van der Waals surface area contributed by atoms with Crippen LogP contribution in [-0.4, -0.2) is 65.2 Å². The summed E-state index contributed by atoms with van der Waals surface area (Å²) in [6.07, 6.45) is 8.82. The molecule has 0 amide bonds. The third-order valence-corrected chi connectivity index (χ3v) is 13.2. The van der Waals surface area contributed by atoms with E-state index in [1.807, 2.05) is 0 Å². The molecule has 3 aromatic rings. The van der Waals surface area contributed by atoms with Crippen molar-refractivity contribution in [3.8, 4) is 11.5 Å². The highest BCUT2D eigenvalue weighted by Crippen LogP contribution is 2.49. The van der Waals surface area contributed by atoms with Gasteiger partial charge in [0.1, 0.15) is 24.6 Å². The van der Waals surface area contributed by atoms with Crippen LogP contribution in [0.25, 0.3) is 5.57 Å². The van der Waals surface area contributed by atoms with Gasteiger partial charge in [0.15, 0.2) is 0 Å². The third-order valence-electron chi connectivity index (χ3n) is 10.9. The predicted octanol–water partition coefficient (Wildman–Crippen LogP) is 3.29. The number of rotatable bonds is 10. The van der Waals surface area contributed by atoms with Gasteiger partial charge in [-0.3, -0.25) is 9.35 Å². The van der Waals surface area contributed by atoms with Crippen molar-refractivity contribution in [3.05, 3.63) is 74.3 Å². The Hall–Kier alpha value is -3.78. The molecule has 8 rings (SSSR count). The lowest BCUT2D eigenvalue weighted by Gasteiger charge is -2.39. The van der Waals surface area contributed by atoms with Crippen molar-refractivity contribution in [3.63, 3.8) is 0 Å². The van der Waals surface area contributed by atoms with E-state index in [2.05, 4.69) is 26.3 Å². The Bertz CT molecular complexity index is 2300. The first-order valence-electron chi connectivity index (χ1n) is 17.8. The number of anilines is 1. The van der Waals surface area contributed by atoms with Crippen molar-refractivity contribution in [2.75, 3.05) is 37.6 Å². The van der Waals surface area contributed by atoms with Crippen LogP contribution in [0, 0.1) is 0 Å². The molecule has 3 N–H and O–H groups in total. The van der Waals surface area contributed by atoms with Gasteiger partial charge in [-0.1, -0.05) is 12.5 Å². The van der Waals surface area contributed by atoms with Gasteiger partial charge in [-0.2, -0.15) is 8.42 Å². The van der Waals surface area contributed by atoms with E-state index in [1.165, 1.54) is 34.3 Å². The van der Waals surface area contributed by atoms with Crippen LogP contribution in [0.1, 0.15) is 84.7 Å². The van der Waals surface area contributed by atoms with Crippen LogP contribution < -0.4 is 29.5 Å². The second kappa shape index (κ2) is 12.8. The lowest BCUT2D eigenvalue weighted by atomic mass is 9.82. The molecule has 0 saturated carbocycles. The van der Waals surface area contributed by atoms with E-state index in [1.54, 1.807) is 0 Å².